The van der Waals surface area contributed by atoms with Crippen LogP contribution in [-0.4, -0.2) is 44.0 Å². The van der Waals surface area contributed by atoms with Gasteiger partial charge in [0.2, 0.25) is 0 Å². The van der Waals surface area contributed by atoms with Crippen molar-refractivity contribution in [2.75, 3.05) is 33.0 Å². The number of aliphatic hydroxyl groups excluding tert-OH is 1. The fourth-order valence-electron chi connectivity index (χ4n) is 1.48. The Hall–Kier alpha value is -1.30. The topological polar surface area (TPSA) is 67.8 Å². The van der Waals surface area contributed by atoms with Crippen molar-refractivity contribution in [3.05, 3.63) is 28.8 Å². The Morgan fingerprint density at radius 1 is 1.40 bits per heavy atom. The van der Waals surface area contributed by atoms with Gasteiger partial charge in [-0.05, 0) is 31.0 Å². The third-order valence-corrected chi connectivity index (χ3v) is 2.78. The summed E-state index contributed by atoms with van der Waals surface area (Å²) in [5, 5.41) is 11.7. The SMILES string of the molecule is Cc1ccc(Cl)c(OCC(=O)NCCCOCCO)c1. The maximum absolute atomic E-state index is 11.5. The van der Waals surface area contributed by atoms with Gasteiger partial charge >= 0.3 is 0 Å². The second-order valence-electron chi connectivity index (χ2n) is 4.26. The number of carbonyl (C=O) groups excluding carboxylic acids is 1. The maximum atomic E-state index is 11.5. The number of rotatable bonds is 9. The van der Waals surface area contributed by atoms with Gasteiger partial charge in [-0.1, -0.05) is 17.7 Å². The first kappa shape index (κ1) is 16.8. The van der Waals surface area contributed by atoms with Gasteiger partial charge in [0.25, 0.3) is 5.91 Å². The third kappa shape index (κ3) is 6.75. The van der Waals surface area contributed by atoms with Crippen LogP contribution in [0.2, 0.25) is 5.02 Å². The van der Waals surface area contributed by atoms with E-state index in [4.69, 9.17) is 26.2 Å². The molecule has 2 N–H and O–H groups in total. The van der Waals surface area contributed by atoms with Gasteiger partial charge in [-0.15, -0.1) is 0 Å². The number of amides is 1. The van der Waals surface area contributed by atoms with Crippen LogP contribution in [-0.2, 0) is 9.53 Å². The molecule has 1 rings (SSSR count). The summed E-state index contributed by atoms with van der Waals surface area (Å²) in [5.41, 5.74) is 1.02. The monoisotopic (exact) mass is 301 g/mol. The van der Waals surface area contributed by atoms with E-state index >= 15 is 0 Å². The van der Waals surface area contributed by atoms with E-state index < -0.39 is 0 Å². The number of halogens is 1. The Bertz CT molecular complexity index is 426. The Labute approximate surface area is 123 Å². The molecule has 1 aromatic rings. The van der Waals surface area contributed by atoms with Gasteiger partial charge in [0.05, 0.1) is 18.2 Å². The molecule has 20 heavy (non-hydrogen) atoms. The van der Waals surface area contributed by atoms with E-state index in [0.717, 1.165) is 5.56 Å². The Kier molecular flexibility index (Phi) is 8.02. The number of aryl methyl sites for hydroxylation is 1. The minimum absolute atomic E-state index is 0.0114. The predicted molar refractivity (Wildman–Crippen MR) is 77.2 cm³/mol. The van der Waals surface area contributed by atoms with Crippen molar-refractivity contribution in [3.63, 3.8) is 0 Å². The molecule has 0 aliphatic rings. The number of benzene rings is 1. The standard InChI is InChI=1S/C14H20ClNO4/c1-11-3-4-12(15)13(9-11)20-10-14(18)16-5-2-7-19-8-6-17/h3-4,9,17H,2,5-8,10H2,1H3,(H,16,18). The summed E-state index contributed by atoms with van der Waals surface area (Å²) in [6.07, 6.45) is 0.691. The van der Waals surface area contributed by atoms with Crippen LogP contribution >= 0.6 is 11.6 Å². The summed E-state index contributed by atoms with van der Waals surface area (Å²) >= 11 is 5.96. The summed E-state index contributed by atoms with van der Waals surface area (Å²) in [6.45, 7) is 3.21. The highest BCUT2D eigenvalue weighted by molar-refractivity contribution is 6.32. The van der Waals surface area contributed by atoms with Gasteiger partial charge in [-0.25, -0.2) is 0 Å². The average Bonchev–Trinajstić information content (AvgIpc) is 2.43. The molecule has 0 spiro atoms. The highest BCUT2D eigenvalue weighted by atomic mass is 35.5. The van der Waals surface area contributed by atoms with E-state index in [1.165, 1.54) is 0 Å². The smallest absolute Gasteiger partial charge is 0.257 e. The van der Waals surface area contributed by atoms with Crippen LogP contribution in [0.4, 0.5) is 0 Å². The maximum Gasteiger partial charge on any atom is 0.257 e. The number of nitrogens with one attached hydrogen (secondary N) is 1. The highest BCUT2D eigenvalue weighted by Gasteiger charge is 2.05. The van der Waals surface area contributed by atoms with Crippen LogP contribution in [0, 0.1) is 6.92 Å². The fourth-order valence-corrected chi connectivity index (χ4v) is 1.66. The Balaban J connectivity index is 2.18. The molecule has 112 valence electrons. The molecule has 0 atom stereocenters. The third-order valence-electron chi connectivity index (χ3n) is 2.47. The minimum Gasteiger partial charge on any atom is -0.482 e. The van der Waals surface area contributed by atoms with Crippen molar-refractivity contribution in [2.24, 2.45) is 0 Å². The number of carbonyl (C=O) groups is 1. The molecular formula is C14H20ClNO4. The quantitative estimate of drug-likeness (QED) is 0.679. The molecule has 1 amide bonds. The zero-order valence-electron chi connectivity index (χ0n) is 11.5. The zero-order chi connectivity index (χ0) is 14.8. The van der Waals surface area contributed by atoms with Crippen LogP contribution < -0.4 is 10.1 Å². The molecular weight excluding hydrogens is 282 g/mol. The zero-order valence-corrected chi connectivity index (χ0v) is 12.3. The van der Waals surface area contributed by atoms with Crippen LogP contribution in [0.5, 0.6) is 5.75 Å². The van der Waals surface area contributed by atoms with Crippen molar-refractivity contribution in [2.45, 2.75) is 13.3 Å². The lowest BCUT2D eigenvalue weighted by Crippen LogP contribution is -2.30. The number of hydrogen-bond acceptors (Lipinski definition) is 4. The van der Waals surface area contributed by atoms with Gasteiger partial charge < -0.3 is 19.9 Å². The summed E-state index contributed by atoms with van der Waals surface area (Å²) in [5.74, 6) is 0.304. The van der Waals surface area contributed by atoms with Crippen LogP contribution in [0.15, 0.2) is 18.2 Å². The van der Waals surface area contributed by atoms with E-state index in [0.29, 0.717) is 37.0 Å². The Morgan fingerprint density at radius 3 is 2.95 bits per heavy atom. The molecule has 0 aliphatic heterocycles. The summed E-state index contributed by atoms with van der Waals surface area (Å²) in [7, 11) is 0. The molecule has 0 aromatic heterocycles. The molecule has 0 saturated carbocycles. The first-order valence-electron chi connectivity index (χ1n) is 6.47. The van der Waals surface area contributed by atoms with Crippen molar-refractivity contribution in [1.82, 2.24) is 5.32 Å². The van der Waals surface area contributed by atoms with E-state index in [2.05, 4.69) is 5.32 Å². The first-order chi connectivity index (χ1) is 9.63. The van der Waals surface area contributed by atoms with Gasteiger partial charge in [-0.2, -0.15) is 0 Å². The van der Waals surface area contributed by atoms with Crippen molar-refractivity contribution >= 4 is 17.5 Å². The van der Waals surface area contributed by atoms with E-state index in [1.807, 2.05) is 13.0 Å². The van der Waals surface area contributed by atoms with Crippen molar-refractivity contribution in [1.29, 1.82) is 0 Å². The van der Waals surface area contributed by atoms with Gasteiger partial charge in [-0.3, -0.25) is 4.79 Å². The van der Waals surface area contributed by atoms with Crippen LogP contribution in [0.3, 0.4) is 0 Å². The molecule has 0 unspecified atom stereocenters. The van der Waals surface area contributed by atoms with Gasteiger partial charge in [0.1, 0.15) is 5.75 Å². The molecule has 0 fully saturated rings. The van der Waals surface area contributed by atoms with Crippen LogP contribution in [0.1, 0.15) is 12.0 Å². The second-order valence-corrected chi connectivity index (χ2v) is 4.67. The van der Waals surface area contributed by atoms with Gasteiger partial charge in [0.15, 0.2) is 6.61 Å². The molecule has 0 bridgehead atoms. The highest BCUT2D eigenvalue weighted by Crippen LogP contribution is 2.24. The molecule has 0 radical (unpaired) electrons. The van der Waals surface area contributed by atoms with Crippen molar-refractivity contribution in [3.8, 4) is 5.75 Å². The number of ether oxygens (including phenoxy) is 2. The lowest BCUT2D eigenvalue weighted by molar-refractivity contribution is -0.123. The minimum atomic E-state index is -0.204. The normalized spacial score (nSPS) is 10.3. The van der Waals surface area contributed by atoms with Gasteiger partial charge in [0, 0.05) is 13.2 Å². The molecule has 1 aromatic carbocycles. The van der Waals surface area contributed by atoms with E-state index in [9.17, 15) is 4.79 Å². The molecule has 6 heteroatoms. The van der Waals surface area contributed by atoms with Crippen LogP contribution in [0.25, 0.3) is 0 Å². The summed E-state index contributed by atoms with van der Waals surface area (Å²) < 4.78 is 10.4. The van der Waals surface area contributed by atoms with Crippen molar-refractivity contribution < 1.29 is 19.4 Å². The predicted octanol–water partition coefficient (Wildman–Crippen LogP) is 1.54. The molecule has 0 heterocycles. The number of aliphatic hydroxyl groups is 1. The second kappa shape index (κ2) is 9.58. The summed E-state index contributed by atoms with van der Waals surface area (Å²) in [6, 6.07) is 5.41. The first-order valence-corrected chi connectivity index (χ1v) is 6.85. The fraction of sp³-hybridized carbons (Fsp3) is 0.500. The average molecular weight is 302 g/mol. The Morgan fingerprint density at radius 2 is 2.20 bits per heavy atom. The lowest BCUT2D eigenvalue weighted by Gasteiger charge is -2.09. The summed E-state index contributed by atoms with van der Waals surface area (Å²) in [4.78, 5) is 11.5. The largest absolute Gasteiger partial charge is 0.482 e. The molecule has 5 nitrogen and oxygen atoms in total. The molecule has 0 saturated heterocycles. The van der Waals surface area contributed by atoms with E-state index in [1.54, 1.807) is 12.1 Å². The van der Waals surface area contributed by atoms with E-state index in [-0.39, 0.29) is 19.1 Å². The molecule has 0 aliphatic carbocycles. The number of hydrogen-bond donors (Lipinski definition) is 2. The lowest BCUT2D eigenvalue weighted by atomic mass is 10.2.